The fraction of sp³-hybridized carbons (Fsp3) is 0.533. The summed E-state index contributed by atoms with van der Waals surface area (Å²) in [6, 6.07) is 5.68. The van der Waals surface area contributed by atoms with Crippen LogP contribution in [0.2, 0.25) is 0 Å². The van der Waals surface area contributed by atoms with Crippen molar-refractivity contribution >= 4 is 11.6 Å². The summed E-state index contributed by atoms with van der Waals surface area (Å²) in [6.45, 7) is 6.78. The number of benzene rings is 1. The minimum absolute atomic E-state index is 0.224. The highest BCUT2D eigenvalue weighted by molar-refractivity contribution is 5.81. The van der Waals surface area contributed by atoms with Crippen LogP contribution in [0.5, 0.6) is 5.75 Å². The topological polar surface area (TPSA) is 81.6 Å². The number of carbonyl (C=O) groups is 1. The van der Waals surface area contributed by atoms with E-state index in [0.29, 0.717) is 13.2 Å². The Hall–Kier alpha value is -1.75. The lowest BCUT2D eigenvalue weighted by atomic mass is 9.89. The molecule has 1 saturated heterocycles. The number of hydrogen-bond acceptors (Lipinski definition) is 4. The number of anilines is 1. The first kappa shape index (κ1) is 14.7. The number of primary amides is 1. The van der Waals surface area contributed by atoms with Crippen molar-refractivity contribution in [3.63, 3.8) is 0 Å². The SMILES string of the molecule is CCOc1ccc(N)cc1CN1CCC(C)(C(N)=O)C1. The molecule has 1 atom stereocenters. The number of nitrogens with zero attached hydrogens (tertiary/aromatic N) is 1. The van der Waals surface area contributed by atoms with E-state index in [1.807, 2.05) is 32.0 Å². The second-order valence-electron chi connectivity index (χ2n) is 5.69. The molecule has 0 spiro atoms. The Morgan fingerprint density at radius 3 is 2.85 bits per heavy atom. The molecular formula is C15H23N3O2. The first-order valence-electron chi connectivity index (χ1n) is 6.98. The van der Waals surface area contributed by atoms with Crippen LogP contribution < -0.4 is 16.2 Å². The lowest BCUT2D eigenvalue weighted by Gasteiger charge is -2.22. The number of nitrogens with two attached hydrogens (primary N) is 2. The summed E-state index contributed by atoms with van der Waals surface area (Å²) in [5, 5.41) is 0. The van der Waals surface area contributed by atoms with Crippen molar-refractivity contribution in [3.8, 4) is 5.75 Å². The maximum absolute atomic E-state index is 11.5. The molecule has 2 rings (SSSR count). The van der Waals surface area contributed by atoms with Crippen LogP contribution in [-0.4, -0.2) is 30.5 Å². The highest BCUT2D eigenvalue weighted by Gasteiger charge is 2.38. The average molecular weight is 277 g/mol. The molecule has 0 aliphatic carbocycles. The average Bonchev–Trinajstić information content (AvgIpc) is 2.76. The second kappa shape index (κ2) is 5.71. The van der Waals surface area contributed by atoms with Crippen LogP contribution in [0.3, 0.4) is 0 Å². The smallest absolute Gasteiger partial charge is 0.224 e. The molecule has 1 aliphatic rings. The molecular weight excluding hydrogens is 254 g/mol. The van der Waals surface area contributed by atoms with Gasteiger partial charge in [-0.15, -0.1) is 0 Å². The summed E-state index contributed by atoms with van der Waals surface area (Å²) in [4.78, 5) is 13.7. The fourth-order valence-electron chi connectivity index (χ4n) is 2.65. The molecule has 1 unspecified atom stereocenters. The monoisotopic (exact) mass is 277 g/mol. The summed E-state index contributed by atoms with van der Waals surface area (Å²) in [7, 11) is 0. The molecule has 1 heterocycles. The molecule has 20 heavy (non-hydrogen) atoms. The van der Waals surface area contributed by atoms with E-state index in [1.54, 1.807) is 0 Å². The van der Waals surface area contributed by atoms with E-state index in [1.165, 1.54) is 0 Å². The number of ether oxygens (including phenoxy) is 1. The quantitative estimate of drug-likeness (QED) is 0.796. The maximum atomic E-state index is 11.5. The summed E-state index contributed by atoms with van der Waals surface area (Å²) < 4.78 is 5.63. The third-order valence-electron chi connectivity index (χ3n) is 3.93. The highest BCUT2D eigenvalue weighted by Crippen LogP contribution is 2.32. The standard InChI is InChI=1S/C15H23N3O2/c1-3-20-13-5-4-12(16)8-11(13)9-18-7-6-15(2,10-18)14(17)19/h4-5,8H,3,6-7,9-10,16H2,1-2H3,(H2,17,19). The molecule has 1 aliphatic heterocycles. The van der Waals surface area contributed by atoms with Gasteiger partial charge in [0.1, 0.15) is 5.75 Å². The van der Waals surface area contributed by atoms with E-state index in [0.717, 1.165) is 36.5 Å². The van der Waals surface area contributed by atoms with Crippen LogP contribution in [0, 0.1) is 5.41 Å². The number of rotatable bonds is 5. The van der Waals surface area contributed by atoms with Gasteiger partial charge in [0.05, 0.1) is 12.0 Å². The zero-order chi connectivity index (χ0) is 14.8. The molecule has 5 nitrogen and oxygen atoms in total. The van der Waals surface area contributed by atoms with Crippen molar-refractivity contribution in [2.75, 3.05) is 25.4 Å². The number of amides is 1. The maximum Gasteiger partial charge on any atom is 0.224 e. The van der Waals surface area contributed by atoms with E-state index < -0.39 is 5.41 Å². The number of nitrogen functional groups attached to an aromatic ring is 1. The summed E-state index contributed by atoms with van der Waals surface area (Å²) >= 11 is 0. The first-order chi connectivity index (χ1) is 9.44. The third kappa shape index (κ3) is 3.04. The number of likely N-dealkylation sites (tertiary alicyclic amines) is 1. The van der Waals surface area contributed by atoms with Gasteiger partial charge < -0.3 is 16.2 Å². The van der Waals surface area contributed by atoms with Crippen LogP contribution in [-0.2, 0) is 11.3 Å². The molecule has 1 aromatic rings. The minimum Gasteiger partial charge on any atom is -0.494 e. The van der Waals surface area contributed by atoms with Gasteiger partial charge in [0.25, 0.3) is 0 Å². The predicted molar refractivity (Wildman–Crippen MR) is 79.2 cm³/mol. The Balaban J connectivity index is 2.11. The fourth-order valence-corrected chi connectivity index (χ4v) is 2.65. The van der Waals surface area contributed by atoms with Crippen molar-refractivity contribution in [1.82, 2.24) is 4.90 Å². The van der Waals surface area contributed by atoms with Gasteiger partial charge in [-0.3, -0.25) is 9.69 Å². The lowest BCUT2D eigenvalue weighted by Crippen LogP contribution is -2.36. The number of hydrogen-bond donors (Lipinski definition) is 2. The minimum atomic E-state index is -0.425. The van der Waals surface area contributed by atoms with Gasteiger partial charge in [-0.05, 0) is 45.0 Å². The molecule has 0 saturated carbocycles. The van der Waals surface area contributed by atoms with Crippen molar-refractivity contribution in [2.45, 2.75) is 26.8 Å². The van der Waals surface area contributed by atoms with E-state index in [9.17, 15) is 4.79 Å². The molecule has 1 amide bonds. The van der Waals surface area contributed by atoms with Crippen LogP contribution in [0.1, 0.15) is 25.8 Å². The molecule has 1 aromatic carbocycles. The molecule has 4 N–H and O–H groups in total. The van der Waals surface area contributed by atoms with Gasteiger partial charge in [0, 0.05) is 24.3 Å². The van der Waals surface area contributed by atoms with Crippen molar-refractivity contribution in [1.29, 1.82) is 0 Å². The van der Waals surface area contributed by atoms with E-state index >= 15 is 0 Å². The van der Waals surface area contributed by atoms with E-state index in [4.69, 9.17) is 16.2 Å². The van der Waals surface area contributed by atoms with Crippen LogP contribution in [0.25, 0.3) is 0 Å². The highest BCUT2D eigenvalue weighted by atomic mass is 16.5. The second-order valence-corrected chi connectivity index (χ2v) is 5.69. The first-order valence-corrected chi connectivity index (χ1v) is 6.98. The van der Waals surface area contributed by atoms with Gasteiger partial charge in [0.2, 0.25) is 5.91 Å². The summed E-state index contributed by atoms with van der Waals surface area (Å²) in [6.07, 6.45) is 0.800. The molecule has 1 fully saturated rings. The van der Waals surface area contributed by atoms with Crippen molar-refractivity contribution < 1.29 is 9.53 Å². The lowest BCUT2D eigenvalue weighted by molar-refractivity contribution is -0.126. The Bertz CT molecular complexity index is 504. The Morgan fingerprint density at radius 1 is 1.50 bits per heavy atom. The predicted octanol–water partition coefficient (Wildman–Crippen LogP) is 1.36. The molecule has 0 radical (unpaired) electrons. The molecule has 5 heteroatoms. The summed E-state index contributed by atoms with van der Waals surface area (Å²) in [5.41, 5.74) is 12.7. The van der Waals surface area contributed by atoms with Crippen molar-refractivity contribution in [2.24, 2.45) is 11.1 Å². The Labute approximate surface area is 119 Å². The summed E-state index contributed by atoms with van der Waals surface area (Å²) in [5.74, 6) is 0.631. The van der Waals surface area contributed by atoms with E-state index in [-0.39, 0.29) is 5.91 Å². The number of carbonyl (C=O) groups excluding carboxylic acids is 1. The van der Waals surface area contributed by atoms with E-state index in [2.05, 4.69) is 4.90 Å². The molecule has 0 bridgehead atoms. The normalized spacial score (nSPS) is 22.9. The third-order valence-corrected chi connectivity index (χ3v) is 3.93. The Kier molecular flexibility index (Phi) is 4.18. The van der Waals surface area contributed by atoms with Crippen LogP contribution in [0.4, 0.5) is 5.69 Å². The van der Waals surface area contributed by atoms with Gasteiger partial charge in [0.15, 0.2) is 0 Å². The van der Waals surface area contributed by atoms with Gasteiger partial charge >= 0.3 is 0 Å². The zero-order valence-corrected chi connectivity index (χ0v) is 12.2. The van der Waals surface area contributed by atoms with Gasteiger partial charge in [-0.1, -0.05) is 0 Å². The van der Waals surface area contributed by atoms with Gasteiger partial charge in [-0.25, -0.2) is 0 Å². The molecule has 0 aromatic heterocycles. The van der Waals surface area contributed by atoms with Gasteiger partial charge in [-0.2, -0.15) is 0 Å². The largest absolute Gasteiger partial charge is 0.494 e. The Morgan fingerprint density at radius 2 is 2.25 bits per heavy atom. The van der Waals surface area contributed by atoms with Crippen molar-refractivity contribution in [3.05, 3.63) is 23.8 Å². The van der Waals surface area contributed by atoms with Crippen LogP contribution >= 0.6 is 0 Å². The molecule has 110 valence electrons. The van der Waals surface area contributed by atoms with Crippen LogP contribution in [0.15, 0.2) is 18.2 Å². The zero-order valence-electron chi connectivity index (χ0n) is 12.2.